The minimum atomic E-state index is -1.50. The van der Waals surface area contributed by atoms with Crippen molar-refractivity contribution in [1.29, 1.82) is 0 Å². The van der Waals surface area contributed by atoms with Crippen molar-refractivity contribution < 1.29 is 19.5 Å². The van der Waals surface area contributed by atoms with Crippen LogP contribution in [0.1, 0.15) is 33.6 Å². The molecule has 2 atom stereocenters. The predicted octanol–water partition coefficient (Wildman–Crippen LogP) is 2.15. The van der Waals surface area contributed by atoms with Crippen molar-refractivity contribution in [3.63, 3.8) is 0 Å². The van der Waals surface area contributed by atoms with E-state index in [4.69, 9.17) is 5.11 Å². The molecule has 0 heterocycles. The van der Waals surface area contributed by atoms with Gasteiger partial charge in [-0.15, -0.1) is 0 Å². The number of rotatable bonds is 3. The number of ketones is 1. The van der Waals surface area contributed by atoms with Crippen LogP contribution >= 0.6 is 0 Å². The number of aldehydes is 1. The maximum absolute atomic E-state index is 11.8. The third-order valence-corrected chi connectivity index (χ3v) is 4.26. The number of carboxylic acid groups (broad SMARTS) is 1. The molecule has 0 saturated heterocycles. The van der Waals surface area contributed by atoms with Crippen molar-refractivity contribution >= 4 is 18.0 Å². The van der Waals surface area contributed by atoms with Gasteiger partial charge in [-0.2, -0.15) is 0 Å². The smallest absolute Gasteiger partial charge is 0.377 e. The Balaban J connectivity index is 2.49. The monoisotopic (exact) mass is 262 g/mol. The lowest BCUT2D eigenvalue weighted by molar-refractivity contribution is -0.147. The minimum absolute atomic E-state index is 0.0986. The first-order valence-corrected chi connectivity index (χ1v) is 6.42. The second-order valence-corrected chi connectivity index (χ2v) is 6.27. The Kier molecular flexibility index (Phi) is 3.20. The summed E-state index contributed by atoms with van der Waals surface area (Å²) in [5.41, 5.74) is 1.25. The Labute approximate surface area is 112 Å². The molecule has 0 unspecified atom stereocenters. The summed E-state index contributed by atoms with van der Waals surface area (Å²) >= 11 is 0. The van der Waals surface area contributed by atoms with Crippen LogP contribution < -0.4 is 0 Å². The van der Waals surface area contributed by atoms with Gasteiger partial charge in [-0.05, 0) is 37.0 Å². The number of aliphatic carboxylic acids is 1. The molecule has 1 N–H and O–H groups in total. The third kappa shape index (κ3) is 2.27. The van der Waals surface area contributed by atoms with Crippen LogP contribution in [0.4, 0.5) is 0 Å². The van der Waals surface area contributed by atoms with Gasteiger partial charge in [-0.3, -0.25) is 9.59 Å². The van der Waals surface area contributed by atoms with Gasteiger partial charge in [-0.1, -0.05) is 25.5 Å². The Morgan fingerprint density at radius 1 is 1.37 bits per heavy atom. The van der Waals surface area contributed by atoms with E-state index in [1.807, 2.05) is 0 Å². The van der Waals surface area contributed by atoms with Crippen molar-refractivity contribution in [2.45, 2.75) is 33.6 Å². The molecule has 0 bridgehead atoms. The Hall–Kier alpha value is -1.71. The number of carboxylic acids is 1. The van der Waals surface area contributed by atoms with Gasteiger partial charge in [0.05, 0.1) is 0 Å². The van der Waals surface area contributed by atoms with E-state index in [1.165, 1.54) is 0 Å². The summed E-state index contributed by atoms with van der Waals surface area (Å²) in [6.07, 6.45) is 4.26. The normalized spacial score (nSPS) is 28.7. The molecule has 1 saturated carbocycles. The van der Waals surface area contributed by atoms with E-state index < -0.39 is 11.8 Å². The Bertz CT molecular complexity index is 522. The molecule has 0 aromatic carbocycles. The molecule has 4 nitrogen and oxygen atoms in total. The van der Waals surface area contributed by atoms with Crippen LogP contribution in [0, 0.1) is 17.3 Å². The van der Waals surface area contributed by atoms with Crippen LogP contribution in [0.25, 0.3) is 0 Å². The van der Waals surface area contributed by atoms with Crippen LogP contribution in [0.3, 0.4) is 0 Å². The van der Waals surface area contributed by atoms with E-state index >= 15 is 0 Å². The van der Waals surface area contributed by atoms with Gasteiger partial charge in [-0.25, -0.2) is 4.79 Å². The van der Waals surface area contributed by atoms with Crippen LogP contribution in [0.15, 0.2) is 22.8 Å². The second-order valence-electron chi connectivity index (χ2n) is 6.27. The highest BCUT2D eigenvalue weighted by atomic mass is 16.4. The summed E-state index contributed by atoms with van der Waals surface area (Å²) in [5, 5.41) is 8.88. The molecule has 0 aromatic heterocycles. The molecule has 102 valence electrons. The molecular formula is C15H18O4. The lowest BCUT2D eigenvalue weighted by atomic mass is 9.77. The summed E-state index contributed by atoms with van der Waals surface area (Å²) in [4.78, 5) is 33.8. The molecule has 1 fully saturated rings. The predicted molar refractivity (Wildman–Crippen MR) is 69.5 cm³/mol. The fraction of sp³-hybridized carbons (Fsp3) is 0.533. The maximum atomic E-state index is 11.8. The SMILES string of the molecule is CC1=C(C(=O)C(=O)O)C(C=O)=C[C@H]2CC(C)(C)C[C@H]12. The molecule has 2 rings (SSSR count). The van der Waals surface area contributed by atoms with Crippen molar-refractivity contribution in [1.82, 2.24) is 0 Å². The largest absolute Gasteiger partial charge is 0.475 e. The van der Waals surface area contributed by atoms with Crippen LogP contribution in [0.5, 0.6) is 0 Å². The van der Waals surface area contributed by atoms with Gasteiger partial charge in [0.2, 0.25) is 0 Å². The molecule has 2 aliphatic carbocycles. The topological polar surface area (TPSA) is 71.4 Å². The van der Waals surface area contributed by atoms with Crippen molar-refractivity contribution in [3.05, 3.63) is 22.8 Å². The zero-order valence-electron chi connectivity index (χ0n) is 11.4. The zero-order chi connectivity index (χ0) is 14.4. The maximum Gasteiger partial charge on any atom is 0.377 e. The Morgan fingerprint density at radius 2 is 2.00 bits per heavy atom. The molecule has 0 spiro atoms. The van der Waals surface area contributed by atoms with Gasteiger partial charge in [0.1, 0.15) is 6.29 Å². The lowest BCUT2D eigenvalue weighted by Gasteiger charge is -2.25. The summed E-state index contributed by atoms with van der Waals surface area (Å²) in [6, 6.07) is 0. The van der Waals surface area contributed by atoms with Gasteiger partial charge in [0.15, 0.2) is 0 Å². The lowest BCUT2D eigenvalue weighted by Crippen LogP contribution is -2.25. The average molecular weight is 262 g/mol. The molecule has 4 heteroatoms. The fourth-order valence-electron chi connectivity index (χ4n) is 3.50. The second kappa shape index (κ2) is 4.44. The van der Waals surface area contributed by atoms with Crippen LogP contribution in [-0.4, -0.2) is 23.1 Å². The van der Waals surface area contributed by atoms with Gasteiger partial charge in [0, 0.05) is 11.1 Å². The standard InChI is InChI=1S/C15H18O4/c1-8-11-6-15(2,3)5-9(11)4-10(7-16)12(8)13(17)14(18)19/h4,7,9,11H,5-6H2,1-3H3,(H,18,19)/t9-,11+/m0/s1. The van der Waals surface area contributed by atoms with E-state index in [0.29, 0.717) is 6.29 Å². The number of Topliss-reactive ketones (excluding diaryl/α,β-unsaturated/α-hetero) is 1. The highest BCUT2D eigenvalue weighted by Crippen LogP contribution is 2.51. The first kappa shape index (κ1) is 13.7. The molecule has 19 heavy (non-hydrogen) atoms. The zero-order valence-corrected chi connectivity index (χ0v) is 11.4. The molecule has 0 radical (unpaired) electrons. The first-order chi connectivity index (χ1) is 8.76. The van der Waals surface area contributed by atoms with E-state index in [9.17, 15) is 14.4 Å². The molecule has 0 aromatic rings. The number of fused-ring (bicyclic) bond motifs is 1. The van der Waals surface area contributed by atoms with Gasteiger partial charge in [0.25, 0.3) is 5.78 Å². The number of hydrogen-bond acceptors (Lipinski definition) is 3. The van der Waals surface area contributed by atoms with Gasteiger partial charge >= 0.3 is 5.97 Å². The minimum Gasteiger partial charge on any atom is -0.475 e. The molecular weight excluding hydrogens is 244 g/mol. The number of carbonyl (C=O) groups is 3. The van der Waals surface area contributed by atoms with E-state index in [-0.39, 0.29) is 28.4 Å². The summed E-state index contributed by atoms with van der Waals surface area (Å²) in [6.45, 7) is 6.10. The number of hydrogen-bond donors (Lipinski definition) is 1. The van der Waals surface area contributed by atoms with E-state index in [2.05, 4.69) is 13.8 Å². The first-order valence-electron chi connectivity index (χ1n) is 6.42. The molecule has 0 amide bonds. The van der Waals surface area contributed by atoms with Crippen molar-refractivity contribution in [3.8, 4) is 0 Å². The molecule has 0 aliphatic heterocycles. The summed E-state index contributed by atoms with van der Waals surface area (Å²) < 4.78 is 0. The third-order valence-electron chi connectivity index (χ3n) is 4.26. The van der Waals surface area contributed by atoms with Gasteiger partial charge < -0.3 is 5.11 Å². The average Bonchev–Trinajstić information content (AvgIpc) is 2.62. The number of allylic oxidation sites excluding steroid dienone is 3. The quantitative estimate of drug-likeness (QED) is 0.625. The van der Waals surface area contributed by atoms with E-state index in [1.54, 1.807) is 13.0 Å². The summed E-state index contributed by atoms with van der Waals surface area (Å²) in [5.74, 6) is -2.06. The molecule has 2 aliphatic rings. The van der Waals surface area contributed by atoms with Crippen LogP contribution in [0.2, 0.25) is 0 Å². The Morgan fingerprint density at radius 3 is 2.53 bits per heavy atom. The highest BCUT2D eigenvalue weighted by Gasteiger charge is 2.43. The van der Waals surface area contributed by atoms with E-state index in [0.717, 1.165) is 18.4 Å². The van der Waals surface area contributed by atoms with Crippen molar-refractivity contribution in [2.24, 2.45) is 17.3 Å². The van der Waals surface area contributed by atoms with Crippen molar-refractivity contribution in [2.75, 3.05) is 0 Å². The number of carbonyl (C=O) groups excluding carboxylic acids is 2. The highest BCUT2D eigenvalue weighted by molar-refractivity contribution is 6.42. The van der Waals surface area contributed by atoms with Crippen LogP contribution in [-0.2, 0) is 14.4 Å². The fourth-order valence-corrected chi connectivity index (χ4v) is 3.50. The summed E-state index contributed by atoms with van der Waals surface area (Å²) in [7, 11) is 0.